The van der Waals surface area contributed by atoms with Crippen molar-refractivity contribution in [2.24, 2.45) is 5.73 Å². The molecule has 0 aliphatic carbocycles. The number of ether oxygens (including phenoxy) is 1. The van der Waals surface area contributed by atoms with Gasteiger partial charge in [-0.05, 0) is 30.3 Å². The third-order valence-electron chi connectivity index (χ3n) is 4.36. The van der Waals surface area contributed by atoms with E-state index in [0.717, 1.165) is 5.56 Å². The maximum Gasteiger partial charge on any atom is 0.303 e. The number of halogens is 2. The first-order chi connectivity index (χ1) is 13.0. The average molecular weight is 388 g/mol. The summed E-state index contributed by atoms with van der Waals surface area (Å²) in [7, 11) is 0. The van der Waals surface area contributed by atoms with Gasteiger partial charge in [-0.2, -0.15) is 5.10 Å². The molecule has 0 fully saturated rings. The number of aromatic nitrogens is 2. The maximum atomic E-state index is 15.2. The molecule has 3 aromatic rings. The number of hydrogen-bond acceptors (Lipinski definition) is 4. The predicted molar refractivity (Wildman–Crippen MR) is 102 cm³/mol. The summed E-state index contributed by atoms with van der Waals surface area (Å²) in [6, 6.07) is 11.5. The number of carbonyl (C=O) groups is 1. The first-order valence-corrected chi connectivity index (χ1v) is 8.79. The van der Waals surface area contributed by atoms with Crippen LogP contribution in [-0.2, 0) is 15.1 Å². The highest BCUT2D eigenvalue weighted by atomic mass is 35.5. The van der Waals surface area contributed by atoms with E-state index in [-0.39, 0.29) is 18.5 Å². The number of carbonyl (C=O) groups excluding carboxylic acids is 1. The summed E-state index contributed by atoms with van der Waals surface area (Å²) >= 11 is 5.98. The van der Waals surface area contributed by atoms with Crippen LogP contribution >= 0.6 is 11.6 Å². The van der Waals surface area contributed by atoms with Crippen LogP contribution < -0.4 is 5.73 Å². The average Bonchev–Trinajstić information content (AvgIpc) is 3.16. The number of rotatable bonds is 6. The summed E-state index contributed by atoms with van der Waals surface area (Å²) in [5, 5.41) is 7.10. The van der Waals surface area contributed by atoms with Gasteiger partial charge in [-0.3, -0.25) is 9.89 Å². The highest BCUT2D eigenvalue weighted by Gasteiger charge is 2.39. The fourth-order valence-electron chi connectivity index (χ4n) is 3.20. The number of nitrogens with zero attached hydrogens (tertiary/aromatic N) is 1. The summed E-state index contributed by atoms with van der Waals surface area (Å²) in [6.07, 6.45) is 3.50. The van der Waals surface area contributed by atoms with Gasteiger partial charge >= 0.3 is 5.97 Å². The van der Waals surface area contributed by atoms with Crippen LogP contribution in [0.3, 0.4) is 0 Å². The first kappa shape index (κ1) is 19.1. The van der Waals surface area contributed by atoms with Crippen LogP contribution in [0.15, 0.2) is 54.9 Å². The quantitative estimate of drug-likeness (QED) is 0.626. The lowest BCUT2D eigenvalue weighted by Crippen LogP contribution is -2.36. The Morgan fingerprint density at radius 2 is 2.00 bits per heavy atom. The van der Waals surface area contributed by atoms with Gasteiger partial charge in [-0.15, -0.1) is 0 Å². The lowest BCUT2D eigenvalue weighted by Gasteiger charge is -2.34. The van der Waals surface area contributed by atoms with E-state index in [9.17, 15) is 4.79 Å². The molecule has 0 amide bonds. The van der Waals surface area contributed by atoms with Crippen molar-refractivity contribution in [1.29, 1.82) is 0 Å². The molecule has 0 aliphatic rings. The van der Waals surface area contributed by atoms with Crippen LogP contribution in [0.25, 0.3) is 11.1 Å². The lowest BCUT2D eigenvalue weighted by molar-refractivity contribution is -0.154. The molecule has 0 bridgehead atoms. The van der Waals surface area contributed by atoms with Crippen molar-refractivity contribution in [1.82, 2.24) is 10.2 Å². The maximum absolute atomic E-state index is 15.2. The lowest BCUT2D eigenvalue weighted by atomic mass is 9.82. The van der Waals surface area contributed by atoms with E-state index in [1.165, 1.54) is 13.0 Å². The normalized spacial score (nSPS) is 13.2. The van der Waals surface area contributed by atoms with E-state index >= 15 is 4.39 Å². The van der Waals surface area contributed by atoms with Crippen LogP contribution in [0.4, 0.5) is 4.39 Å². The molecular weight excluding hydrogens is 369 g/mol. The fraction of sp³-hybridized carbons (Fsp3) is 0.200. The second kappa shape index (κ2) is 7.90. The zero-order valence-electron chi connectivity index (χ0n) is 14.7. The molecule has 7 heteroatoms. The number of H-pyrrole nitrogens is 1. The Labute approximate surface area is 161 Å². The topological polar surface area (TPSA) is 81.0 Å². The number of nitrogens with one attached hydrogen (secondary N) is 1. The van der Waals surface area contributed by atoms with Gasteiger partial charge in [0.2, 0.25) is 0 Å². The molecular formula is C20H19ClFN3O2. The zero-order valence-corrected chi connectivity index (χ0v) is 15.5. The molecule has 1 unspecified atom stereocenters. The van der Waals surface area contributed by atoms with Crippen molar-refractivity contribution < 1.29 is 13.9 Å². The molecule has 5 nitrogen and oxygen atoms in total. The zero-order chi connectivity index (χ0) is 19.4. The van der Waals surface area contributed by atoms with Gasteiger partial charge in [0.15, 0.2) is 5.60 Å². The first-order valence-electron chi connectivity index (χ1n) is 8.41. The van der Waals surface area contributed by atoms with Crippen LogP contribution in [0.1, 0.15) is 24.5 Å². The standard InChI is InChI=1S/C20H19ClFN3O2/c1-13(26)27-20(8-9-23,16-3-5-17(21)6-4-16)18-7-2-14(10-19(18)22)15-11-24-25-12-15/h2-7,10-12H,8-9,23H2,1H3,(H,24,25). The van der Waals surface area contributed by atoms with Gasteiger partial charge in [-0.1, -0.05) is 35.9 Å². The van der Waals surface area contributed by atoms with E-state index in [1.807, 2.05) is 0 Å². The molecule has 2 aromatic carbocycles. The molecule has 1 heterocycles. The number of aromatic amines is 1. The van der Waals surface area contributed by atoms with Gasteiger partial charge in [0.1, 0.15) is 5.82 Å². The Kier molecular flexibility index (Phi) is 5.58. The van der Waals surface area contributed by atoms with Gasteiger partial charge in [0, 0.05) is 41.3 Å². The monoisotopic (exact) mass is 387 g/mol. The summed E-state index contributed by atoms with van der Waals surface area (Å²) < 4.78 is 20.9. The van der Waals surface area contributed by atoms with Crippen molar-refractivity contribution in [3.05, 3.63) is 76.8 Å². The Morgan fingerprint density at radius 3 is 2.56 bits per heavy atom. The van der Waals surface area contributed by atoms with Crippen LogP contribution in [0.5, 0.6) is 0 Å². The second-order valence-corrected chi connectivity index (χ2v) is 6.58. The molecule has 0 saturated carbocycles. The van der Waals surface area contributed by atoms with Gasteiger partial charge in [-0.25, -0.2) is 4.39 Å². The highest BCUT2D eigenvalue weighted by molar-refractivity contribution is 6.30. The van der Waals surface area contributed by atoms with Crippen molar-refractivity contribution in [3.63, 3.8) is 0 Å². The second-order valence-electron chi connectivity index (χ2n) is 6.15. The van der Waals surface area contributed by atoms with Crippen LogP contribution in [0, 0.1) is 5.82 Å². The van der Waals surface area contributed by atoms with E-state index in [1.54, 1.807) is 48.8 Å². The minimum Gasteiger partial charge on any atom is -0.449 e. The summed E-state index contributed by atoms with van der Waals surface area (Å²) in [5.41, 5.74) is 6.70. The molecule has 3 N–H and O–H groups in total. The van der Waals surface area contributed by atoms with Gasteiger partial charge in [0.05, 0.1) is 6.20 Å². The molecule has 1 aromatic heterocycles. The van der Waals surface area contributed by atoms with Crippen molar-refractivity contribution in [2.45, 2.75) is 18.9 Å². The van der Waals surface area contributed by atoms with Crippen molar-refractivity contribution >= 4 is 17.6 Å². The minimum absolute atomic E-state index is 0.193. The molecule has 0 radical (unpaired) electrons. The summed E-state index contributed by atoms with van der Waals surface area (Å²) in [6.45, 7) is 1.48. The Morgan fingerprint density at radius 1 is 1.26 bits per heavy atom. The molecule has 0 aliphatic heterocycles. The number of benzene rings is 2. The molecule has 0 saturated heterocycles. The predicted octanol–water partition coefficient (Wildman–Crippen LogP) is 4.02. The summed E-state index contributed by atoms with van der Waals surface area (Å²) in [4.78, 5) is 11.9. The Balaban J connectivity index is 2.17. The Bertz CT molecular complexity index is 929. The van der Waals surface area contributed by atoms with E-state index < -0.39 is 17.4 Å². The molecule has 1 atom stereocenters. The van der Waals surface area contributed by atoms with Crippen molar-refractivity contribution in [3.8, 4) is 11.1 Å². The number of nitrogens with two attached hydrogens (primary N) is 1. The number of hydrogen-bond donors (Lipinski definition) is 2. The number of esters is 1. The molecule has 27 heavy (non-hydrogen) atoms. The fourth-order valence-corrected chi connectivity index (χ4v) is 3.32. The van der Waals surface area contributed by atoms with E-state index in [4.69, 9.17) is 22.1 Å². The van der Waals surface area contributed by atoms with Gasteiger partial charge in [0.25, 0.3) is 0 Å². The van der Waals surface area contributed by atoms with E-state index in [2.05, 4.69) is 10.2 Å². The van der Waals surface area contributed by atoms with Crippen molar-refractivity contribution in [2.75, 3.05) is 6.54 Å². The third-order valence-corrected chi connectivity index (χ3v) is 4.61. The van der Waals surface area contributed by atoms with Crippen LogP contribution in [0.2, 0.25) is 5.02 Å². The molecule has 140 valence electrons. The summed E-state index contributed by atoms with van der Waals surface area (Å²) in [5.74, 6) is -1.03. The minimum atomic E-state index is -1.34. The van der Waals surface area contributed by atoms with Crippen LogP contribution in [-0.4, -0.2) is 22.7 Å². The Hall–Kier alpha value is -2.70. The largest absolute Gasteiger partial charge is 0.449 e. The smallest absolute Gasteiger partial charge is 0.303 e. The SMILES string of the molecule is CC(=O)OC(CCN)(c1ccc(Cl)cc1)c1ccc(-c2cn[nH]c2)cc1F. The third kappa shape index (κ3) is 3.86. The molecule has 3 rings (SSSR count). The molecule has 0 spiro atoms. The van der Waals surface area contributed by atoms with Gasteiger partial charge < -0.3 is 10.5 Å². The van der Waals surface area contributed by atoms with E-state index in [0.29, 0.717) is 16.1 Å². The highest BCUT2D eigenvalue weighted by Crippen LogP contribution is 2.40.